The van der Waals surface area contributed by atoms with Crippen molar-refractivity contribution in [1.29, 1.82) is 0 Å². The van der Waals surface area contributed by atoms with E-state index in [9.17, 15) is 9.90 Å². The molecule has 2 rings (SSSR count). The number of aromatic hydroxyl groups is 1. The number of benzene rings is 2. The van der Waals surface area contributed by atoms with Gasteiger partial charge in [-0.3, -0.25) is 4.79 Å². The number of anilines is 1. The Kier molecular flexibility index (Phi) is 7.79. The highest BCUT2D eigenvalue weighted by Gasteiger charge is 2.07. The first-order valence-corrected chi connectivity index (χ1v) is 9.41. The molecule has 0 heterocycles. The highest BCUT2D eigenvalue weighted by Crippen LogP contribution is 2.21. The Morgan fingerprint density at radius 3 is 2.39 bits per heavy atom. The molecule has 0 saturated heterocycles. The van der Waals surface area contributed by atoms with Gasteiger partial charge in [0.15, 0.2) is 5.78 Å². The predicted octanol–water partition coefficient (Wildman–Crippen LogP) is 3.35. The molecule has 0 radical (unpaired) electrons. The van der Waals surface area contributed by atoms with Crippen molar-refractivity contribution < 1.29 is 9.90 Å². The quantitative estimate of drug-likeness (QED) is 0.533. The number of likely N-dealkylation sites (N-methyl/N-ethyl adjacent to an activating group) is 2. The highest BCUT2D eigenvalue weighted by molar-refractivity contribution is 6.07. The van der Waals surface area contributed by atoms with E-state index in [0.29, 0.717) is 12.1 Å². The number of phenolic OH excluding ortho intramolecular Hbond substituents is 1. The lowest BCUT2D eigenvalue weighted by Gasteiger charge is -2.21. The zero-order valence-electron chi connectivity index (χ0n) is 17.5. The number of carbonyl (C=O) groups excluding carboxylic acids is 1. The molecule has 2 aromatic rings. The van der Waals surface area contributed by atoms with Crippen LogP contribution in [-0.4, -0.2) is 69.0 Å². The maximum atomic E-state index is 12.6. The molecule has 0 aliphatic rings. The van der Waals surface area contributed by atoms with Gasteiger partial charge in [0, 0.05) is 43.5 Å². The van der Waals surface area contributed by atoms with Crippen LogP contribution in [0.1, 0.15) is 21.5 Å². The Balaban J connectivity index is 2.11. The summed E-state index contributed by atoms with van der Waals surface area (Å²) in [4.78, 5) is 18.9. The van der Waals surface area contributed by atoms with E-state index in [0.717, 1.165) is 29.9 Å². The molecule has 1 N–H and O–H groups in total. The van der Waals surface area contributed by atoms with E-state index in [1.54, 1.807) is 18.2 Å². The van der Waals surface area contributed by atoms with Crippen LogP contribution in [0.5, 0.6) is 5.75 Å². The van der Waals surface area contributed by atoms with Gasteiger partial charge in [0.1, 0.15) is 5.75 Å². The fourth-order valence-electron chi connectivity index (χ4n) is 2.82. The molecule has 0 aliphatic carbocycles. The minimum Gasteiger partial charge on any atom is -0.508 e. The van der Waals surface area contributed by atoms with Gasteiger partial charge in [-0.15, -0.1) is 0 Å². The van der Waals surface area contributed by atoms with E-state index in [1.807, 2.05) is 76.5 Å². The summed E-state index contributed by atoms with van der Waals surface area (Å²) in [7, 11) is 10.0. The number of hydrogen-bond acceptors (Lipinski definition) is 5. The lowest BCUT2D eigenvalue weighted by Crippen LogP contribution is -2.28. The van der Waals surface area contributed by atoms with Crippen LogP contribution in [0.2, 0.25) is 0 Å². The zero-order valence-corrected chi connectivity index (χ0v) is 17.5. The first kappa shape index (κ1) is 21.7. The molecule has 0 bridgehead atoms. The van der Waals surface area contributed by atoms with Crippen molar-refractivity contribution in [3.63, 3.8) is 0 Å². The van der Waals surface area contributed by atoms with E-state index in [1.165, 1.54) is 0 Å². The van der Waals surface area contributed by atoms with Crippen molar-refractivity contribution in [3.8, 4) is 5.75 Å². The van der Waals surface area contributed by atoms with E-state index in [4.69, 9.17) is 0 Å². The molecule has 2 aromatic carbocycles. The van der Waals surface area contributed by atoms with Crippen molar-refractivity contribution in [1.82, 2.24) is 9.80 Å². The number of rotatable bonds is 9. The lowest BCUT2D eigenvalue weighted by molar-refractivity contribution is 0.104. The molecule has 0 saturated carbocycles. The summed E-state index contributed by atoms with van der Waals surface area (Å²) in [6, 6.07) is 13.1. The van der Waals surface area contributed by atoms with Crippen LogP contribution >= 0.6 is 0 Å². The van der Waals surface area contributed by atoms with Crippen LogP contribution in [0, 0.1) is 0 Å². The Bertz CT molecular complexity index is 828. The summed E-state index contributed by atoms with van der Waals surface area (Å²) < 4.78 is 0. The van der Waals surface area contributed by atoms with Gasteiger partial charge in [0.05, 0.1) is 0 Å². The van der Waals surface area contributed by atoms with Crippen molar-refractivity contribution >= 4 is 17.5 Å². The van der Waals surface area contributed by atoms with Gasteiger partial charge in [-0.2, -0.15) is 0 Å². The van der Waals surface area contributed by atoms with Crippen LogP contribution in [0.25, 0.3) is 6.08 Å². The molecular weight excluding hydrogens is 350 g/mol. The average molecular weight is 382 g/mol. The minimum atomic E-state index is -0.0369. The topological polar surface area (TPSA) is 47.0 Å². The summed E-state index contributed by atoms with van der Waals surface area (Å²) in [5, 5.41) is 9.97. The second kappa shape index (κ2) is 10.1. The standard InChI is InChI=1S/C23H31N3O2/c1-24(2)13-14-26(5)21-8-6-7-19(16-21)22(27)11-9-18-10-12-23(28)20(15-18)17-25(3)4/h6-12,15-16,28H,13-14,17H2,1-5H3. The number of hydrogen-bond donors (Lipinski definition) is 1. The number of nitrogens with zero attached hydrogens (tertiary/aromatic N) is 3. The minimum absolute atomic E-state index is 0.0369. The van der Waals surface area contributed by atoms with Gasteiger partial charge in [-0.05, 0) is 64.1 Å². The van der Waals surface area contributed by atoms with Crippen LogP contribution in [0.4, 0.5) is 5.69 Å². The first-order valence-electron chi connectivity index (χ1n) is 9.41. The van der Waals surface area contributed by atoms with Crippen LogP contribution in [0.15, 0.2) is 48.5 Å². The molecule has 28 heavy (non-hydrogen) atoms. The van der Waals surface area contributed by atoms with Gasteiger partial charge < -0.3 is 19.8 Å². The Hall–Kier alpha value is -2.63. The van der Waals surface area contributed by atoms with Crippen molar-refractivity contribution in [2.24, 2.45) is 0 Å². The molecule has 150 valence electrons. The summed E-state index contributed by atoms with van der Waals surface area (Å²) in [6.45, 7) is 2.48. The van der Waals surface area contributed by atoms with Crippen molar-refractivity contribution in [2.45, 2.75) is 6.54 Å². The molecular formula is C23H31N3O2. The largest absolute Gasteiger partial charge is 0.508 e. The first-order chi connectivity index (χ1) is 13.3. The van der Waals surface area contributed by atoms with Crippen LogP contribution in [0.3, 0.4) is 0 Å². The smallest absolute Gasteiger partial charge is 0.185 e. The highest BCUT2D eigenvalue weighted by atomic mass is 16.3. The maximum Gasteiger partial charge on any atom is 0.185 e. The number of allylic oxidation sites excluding steroid dienone is 1. The fraction of sp³-hybridized carbons (Fsp3) is 0.348. The van der Waals surface area contributed by atoms with Crippen LogP contribution < -0.4 is 4.90 Å². The molecule has 0 amide bonds. The molecule has 0 atom stereocenters. The number of phenols is 1. The van der Waals surface area contributed by atoms with Gasteiger partial charge in [0.25, 0.3) is 0 Å². The average Bonchev–Trinajstić information content (AvgIpc) is 2.66. The maximum absolute atomic E-state index is 12.6. The molecule has 0 unspecified atom stereocenters. The number of ketones is 1. The Morgan fingerprint density at radius 1 is 0.964 bits per heavy atom. The van der Waals surface area contributed by atoms with E-state index in [-0.39, 0.29) is 11.5 Å². The molecule has 0 fully saturated rings. The van der Waals surface area contributed by atoms with E-state index < -0.39 is 0 Å². The van der Waals surface area contributed by atoms with E-state index >= 15 is 0 Å². The number of carbonyl (C=O) groups is 1. The summed E-state index contributed by atoms with van der Waals surface area (Å²) in [6.07, 6.45) is 3.38. The lowest BCUT2D eigenvalue weighted by atomic mass is 10.1. The molecule has 0 aliphatic heterocycles. The molecule has 5 heteroatoms. The van der Waals surface area contributed by atoms with Crippen molar-refractivity contribution in [2.75, 3.05) is 53.2 Å². The summed E-state index contributed by atoms with van der Waals surface area (Å²) >= 11 is 0. The second-order valence-corrected chi connectivity index (χ2v) is 7.60. The van der Waals surface area contributed by atoms with Gasteiger partial charge >= 0.3 is 0 Å². The molecule has 0 spiro atoms. The monoisotopic (exact) mass is 381 g/mol. The molecule has 5 nitrogen and oxygen atoms in total. The van der Waals surface area contributed by atoms with Gasteiger partial charge in [-0.1, -0.05) is 24.3 Å². The normalized spacial score (nSPS) is 11.5. The third-order valence-corrected chi connectivity index (χ3v) is 4.47. The predicted molar refractivity (Wildman–Crippen MR) is 117 cm³/mol. The Labute approximate surface area is 168 Å². The Morgan fingerprint density at radius 2 is 1.71 bits per heavy atom. The van der Waals surface area contributed by atoms with E-state index in [2.05, 4.69) is 9.80 Å². The fourth-order valence-corrected chi connectivity index (χ4v) is 2.82. The molecule has 0 aromatic heterocycles. The third-order valence-electron chi connectivity index (χ3n) is 4.47. The van der Waals surface area contributed by atoms with Crippen LogP contribution in [-0.2, 0) is 6.54 Å². The third kappa shape index (κ3) is 6.51. The second-order valence-electron chi connectivity index (χ2n) is 7.60. The summed E-state index contributed by atoms with van der Waals surface area (Å²) in [5.41, 5.74) is 3.42. The zero-order chi connectivity index (χ0) is 20.7. The summed E-state index contributed by atoms with van der Waals surface area (Å²) in [5.74, 6) is 0.232. The van der Waals surface area contributed by atoms with Crippen molar-refractivity contribution in [3.05, 3.63) is 65.2 Å². The SMILES string of the molecule is CN(C)CCN(C)c1cccc(C(=O)C=Cc2ccc(O)c(CN(C)C)c2)c1. The van der Waals surface area contributed by atoms with Gasteiger partial charge in [-0.25, -0.2) is 0 Å². The van der Waals surface area contributed by atoms with Gasteiger partial charge in [0.2, 0.25) is 0 Å².